The second-order valence-corrected chi connectivity index (χ2v) is 11.2. The van der Waals surface area contributed by atoms with Crippen LogP contribution in [-0.4, -0.2) is 47.8 Å². The summed E-state index contributed by atoms with van der Waals surface area (Å²) < 4.78 is 1.95. The summed E-state index contributed by atoms with van der Waals surface area (Å²) in [4.78, 5) is 13.0. The van der Waals surface area contributed by atoms with Crippen LogP contribution in [0.3, 0.4) is 0 Å². The number of aromatic amines is 1. The van der Waals surface area contributed by atoms with Gasteiger partial charge in [-0.05, 0) is 42.9 Å². The molecule has 0 bridgehead atoms. The molecule has 7 nitrogen and oxygen atoms in total. The third-order valence-corrected chi connectivity index (χ3v) is 8.61. The van der Waals surface area contributed by atoms with E-state index >= 15 is 0 Å². The van der Waals surface area contributed by atoms with E-state index in [1.807, 2.05) is 22.2 Å². The fraction of sp³-hybridized carbons (Fsp3) is 0.214. The van der Waals surface area contributed by atoms with Gasteiger partial charge in [0.05, 0.1) is 4.88 Å². The highest BCUT2D eigenvalue weighted by molar-refractivity contribution is 7.14. The van der Waals surface area contributed by atoms with E-state index < -0.39 is 0 Å². The smallest absolute Gasteiger partial charge is 0.213 e. The Kier molecular flexibility index (Phi) is 5.88. The lowest BCUT2D eigenvalue weighted by Crippen LogP contribution is -2.32. The molecular formula is C28H25N7S2. The van der Waals surface area contributed by atoms with E-state index in [1.165, 1.54) is 5.56 Å². The quantitative estimate of drug-likeness (QED) is 0.275. The zero-order valence-electron chi connectivity index (χ0n) is 20.1. The molecule has 0 amide bonds. The number of imidazole rings is 1. The van der Waals surface area contributed by atoms with Crippen LogP contribution in [0, 0.1) is 0 Å². The van der Waals surface area contributed by atoms with Crippen LogP contribution < -0.4 is 0 Å². The normalized spacial score (nSPS) is 15.0. The monoisotopic (exact) mass is 523 g/mol. The van der Waals surface area contributed by atoms with Crippen molar-refractivity contribution in [3.63, 3.8) is 0 Å². The van der Waals surface area contributed by atoms with Gasteiger partial charge in [0, 0.05) is 23.6 Å². The summed E-state index contributed by atoms with van der Waals surface area (Å²) in [5.41, 5.74) is 7.43. The number of likely N-dealkylation sites (tertiary alicyclic amines) is 1. The van der Waals surface area contributed by atoms with E-state index in [0.717, 1.165) is 76.5 Å². The molecule has 1 aliphatic rings. The summed E-state index contributed by atoms with van der Waals surface area (Å²) in [5, 5.41) is 15.4. The van der Waals surface area contributed by atoms with Crippen LogP contribution in [0.4, 0.5) is 0 Å². The second kappa shape index (κ2) is 9.66. The topological polar surface area (TPSA) is 75.0 Å². The van der Waals surface area contributed by atoms with Gasteiger partial charge in [-0.3, -0.25) is 4.90 Å². The van der Waals surface area contributed by atoms with Gasteiger partial charge in [0.25, 0.3) is 0 Å². The van der Waals surface area contributed by atoms with Crippen molar-refractivity contribution in [3.05, 3.63) is 89.0 Å². The molecule has 4 aromatic heterocycles. The first-order valence-electron chi connectivity index (χ1n) is 12.5. The van der Waals surface area contributed by atoms with E-state index in [9.17, 15) is 0 Å². The van der Waals surface area contributed by atoms with Crippen molar-refractivity contribution in [2.45, 2.75) is 25.3 Å². The number of nitrogens with one attached hydrogen (secondary N) is 1. The molecule has 9 heteroatoms. The van der Waals surface area contributed by atoms with Gasteiger partial charge >= 0.3 is 0 Å². The maximum atomic E-state index is 4.91. The number of nitrogens with zero attached hydrogens (tertiary/aromatic N) is 6. The highest BCUT2D eigenvalue weighted by Crippen LogP contribution is 2.34. The van der Waals surface area contributed by atoms with Crippen LogP contribution in [-0.2, 0) is 6.54 Å². The Bertz CT molecular complexity index is 1610. The number of rotatable bonds is 6. The highest BCUT2D eigenvalue weighted by Gasteiger charge is 2.24. The standard InChI is InChI=1S/C28H25N7S2/c1-2-5-21(6-3-1)25-24(30-28-35(25)29-18-37-28)20-10-8-19(9-11-20)17-34-14-12-22(13-15-34)26-31-27(33-32-26)23-7-4-16-36-23/h1-11,16,18,22H,12-15,17H2,(H,31,32,33). The van der Waals surface area contributed by atoms with Gasteiger partial charge in [-0.2, -0.15) is 5.10 Å². The maximum Gasteiger partial charge on any atom is 0.213 e. The molecule has 2 aromatic carbocycles. The molecule has 7 rings (SSSR count). The van der Waals surface area contributed by atoms with Crippen LogP contribution in [0.1, 0.15) is 30.1 Å². The van der Waals surface area contributed by atoms with E-state index in [4.69, 9.17) is 4.98 Å². The number of hydrogen-bond acceptors (Lipinski definition) is 7. The average molecular weight is 524 g/mol. The molecule has 184 valence electrons. The molecule has 0 radical (unpaired) electrons. The summed E-state index contributed by atoms with van der Waals surface area (Å²) in [6.45, 7) is 3.07. The molecule has 0 aliphatic carbocycles. The van der Waals surface area contributed by atoms with Crippen molar-refractivity contribution in [1.82, 2.24) is 34.7 Å². The Morgan fingerprint density at radius 1 is 0.865 bits per heavy atom. The number of benzene rings is 2. The molecule has 1 saturated heterocycles. The lowest BCUT2D eigenvalue weighted by molar-refractivity contribution is 0.202. The predicted molar refractivity (Wildman–Crippen MR) is 149 cm³/mol. The van der Waals surface area contributed by atoms with E-state index in [1.54, 1.807) is 22.7 Å². The van der Waals surface area contributed by atoms with Gasteiger partial charge < -0.3 is 4.98 Å². The molecule has 0 atom stereocenters. The SMILES string of the molecule is c1ccc(-c2c(-c3ccc(CN4CCC(c5nnc(-c6cccs6)[nH]5)CC4)cc3)nc3scnn23)cc1. The van der Waals surface area contributed by atoms with Crippen molar-refractivity contribution in [3.8, 4) is 33.2 Å². The molecule has 5 heterocycles. The third-order valence-electron chi connectivity index (χ3n) is 7.06. The first-order valence-corrected chi connectivity index (χ1v) is 14.2. The zero-order valence-corrected chi connectivity index (χ0v) is 21.8. The molecule has 6 aromatic rings. The van der Waals surface area contributed by atoms with Crippen LogP contribution in [0.15, 0.2) is 77.6 Å². The molecule has 1 N–H and O–H groups in total. The van der Waals surface area contributed by atoms with Crippen LogP contribution in [0.25, 0.3) is 38.2 Å². The largest absolute Gasteiger partial charge is 0.324 e. The van der Waals surface area contributed by atoms with Crippen LogP contribution >= 0.6 is 22.7 Å². The second-order valence-electron chi connectivity index (χ2n) is 9.39. The minimum Gasteiger partial charge on any atom is -0.324 e. The van der Waals surface area contributed by atoms with Gasteiger partial charge in [-0.25, -0.2) is 9.50 Å². The van der Waals surface area contributed by atoms with Crippen molar-refractivity contribution in [1.29, 1.82) is 0 Å². The number of piperidine rings is 1. The number of fused-ring (bicyclic) bond motifs is 1. The minimum absolute atomic E-state index is 0.444. The van der Waals surface area contributed by atoms with Gasteiger partial charge in [0.15, 0.2) is 5.82 Å². The van der Waals surface area contributed by atoms with Gasteiger partial charge in [0.2, 0.25) is 4.96 Å². The fourth-order valence-corrected chi connectivity index (χ4v) is 6.41. The minimum atomic E-state index is 0.444. The molecule has 1 fully saturated rings. The molecule has 1 aliphatic heterocycles. The lowest BCUT2D eigenvalue weighted by atomic mass is 9.95. The zero-order chi connectivity index (χ0) is 24.6. The first-order chi connectivity index (χ1) is 18.3. The fourth-order valence-electron chi connectivity index (χ4n) is 5.12. The molecule has 0 spiro atoms. The third kappa shape index (κ3) is 4.39. The molecule has 0 saturated carbocycles. The Balaban J connectivity index is 1.03. The van der Waals surface area contributed by atoms with E-state index in [2.05, 4.69) is 85.2 Å². The highest BCUT2D eigenvalue weighted by atomic mass is 32.1. The van der Waals surface area contributed by atoms with Crippen LogP contribution in [0.2, 0.25) is 0 Å². The molecule has 0 unspecified atom stereocenters. The molecular weight excluding hydrogens is 498 g/mol. The van der Waals surface area contributed by atoms with Crippen LogP contribution in [0.5, 0.6) is 0 Å². The van der Waals surface area contributed by atoms with Gasteiger partial charge in [-0.1, -0.05) is 72.0 Å². The average Bonchev–Trinajstić information content (AvgIpc) is 3.75. The molecule has 37 heavy (non-hydrogen) atoms. The van der Waals surface area contributed by atoms with Crippen molar-refractivity contribution >= 4 is 27.6 Å². The Labute approximate surface area is 222 Å². The van der Waals surface area contributed by atoms with Crippen molar-refractivity contribution in [2.24, 2.45) is 0 Å². The van der Waals surface area contributed by atoms with Crippen molar-refractivity contribution in [2.75, 3.05) is 13.1 Å². The number of aromatic nitrogens is 6. The summed E-state index contributed by atoms with van der Waals surface area (Å²) >= 11 is 3.25. The summed E-state index contributed by atoms with van der Waals surface area (Å²) in [6, 6.07) is 23.4. The van der Waals surface area contributed by atoms with Gasteiger partial charge in [0.1, 0.15) is 22.7 Å². The van der Waals surface area contributed by atoms with E-state index in [-0.39, 0.29) is 0 Å². The van der Waals surface area contributed by atoms with Crippen molar-refractivity contribution < 1.29 is 0 Å². The Morgan fingerprint density at radius 2 is 1.70 bits per heavy atom. The number of H-pyrrole nitrogens is 1. The Hall–Kier alpha value is -3.66. The Morgan fingerprint density at radius 3 is 2.49 bits per heavy atom. The summed E-state index contributed by atoms with van der Waals surface area (Å²) in [6.07, 6.45) is 2.19. The maximum absolute atomic E-state index is 4.91. The summed E-state index contributed by atoms with van der Waals surface area (Å²) in [7, 11) is 0. The summed E-state index contributed by atoms with van der Waals surface area (Å²) in [5.74, 6) is 2.35. The lowest BCUT2D eigenvalue weighted by Gasteiger charge is -2.30. The number of thiophene rings is 1. The number of hydrogen-bond donors (Lipinski definition) is 1. The predicted octanol–water partition coefficient (Wildman–Crippen LogP) is 6.35. The first kappa shape index (κ1) is 22.5. The van der Waals surface area contributed by atoms with E-state index in [0.29, 0.717) is 5.92 Å². The van der Waals surface area contributed by atoms with Gasteiger partial charge in [-0.15, -0.1) is 21.5 Å².